The van der Waals surface area contributed by atoms with E-state index in [1.807, 2.05) is 0 Å². The van der Waals surface area contributed by atoms with Crippen molar-refractivity contribution in [2.45, 2.75) is 9.79 Å². The van der Waals surface area contributed by atoms with Crippen LogP contribution in [0, 0.1) is 0 Å². The Kier molecular flexibility index (Phi) is 12.6. The molecule has 5 rings (SSSR count). The summed E-state index contributed by atoms with van der Waals surface area (Å²) in [5.74, 6) is -4.27. The summed E-state index contributed by atoms with van der Waals surface area (Å²) in [5, 5.41) is 42.6. The van der Waals surface area contributed by atoms with Crippen LogP contribution >= 0.6 is 0 Å². The molecule has 19 nitrogen and oxygen atoms in total. The van der Waals surface area contributed by atoms with Crippen LogP contribution < -0.4 is 75.5 Å². The van der Waals surface area contributed by atoms with Crippen LogP contribution in [0.2, 0.25) is 0 Å². The molecule has 0 fully saturated rings. The van der Waals surface area contributed by atoms with Crippen molar-refractivity contribution in [3.05, 3.63) is 77.9 Å². The number of phenols is 1. The van der Waals surface area contributed by atoms with E-state index >= 15 is 0 Å². The maximum absolute atomic E-state index is 12.2. The minimum Gasteiger partial charge on any atom is -0.744 e. The topological polar surface area (TPSA) is 323 Å². The molecule has 5 aromatic rings. The van der Waals surface area contributed by atoms with Crippen molar-refractivity contribution in [3.63, 3.8) is 0 Å². The summed E-state index contributed by atoms with van der Waals surface area (Å²) in [6.07, 6.45) is 0. The molecule has 246 valence electrons. The molecule has 0 atom stereocenters. The molecule has 0 radical (unpaired) electrons. The molecule has 0 aliphatic heterocycles. The van der Waals surface area contributed by atoms with E-state index in [1.54, 1.807) is 0 Å². The molecule has 1 heterocycles. The fourth-order valence-corrected chi connectivity index (χ4v) is 5.54. The number of carboxylic acid groups (broad SMARTS) is 1. The van der Waals surface area contributed by atoms with E-state index in [-0.39, 0.29) is 81.6 Å². The molecule has 4 aromatic carbocycles. The van der Waals surface area contributed by atoms with Gasteiger partial charge in [0.1, 0.15) is 25.9 Å². The number of nitrogens with one attached hydrogen (secondary N) is 2. The third kappa shape index (κ3) is 8.89. The largest absolute Gasteiger partial charge is 1.00 e. The Labute approximate surface area is 325 Å². The first-order valence-electron chi connectivity index (χ1n) is 12.9. The van der Waals surface area contributed by atoms with E-state index in [0.29, 0.717) is 18.2 Å². The number of carboxylic acids is 1. The summed E-state index contributed by atoms with van der Waals surface area (Å²) in [7, 11) is -10.7. The standard InChI is InChI=1S/C27H20N8O11S2.2Na/c28-23(37)14-5-1-4-8-17(14)34-35-21-19(48(44,45)46)10-12-9-13(47(41,42)43)11-18(20(12)22(21)36)30-26-31-25(32-27(40)33-26)29-16-7-3-2-6-15(16)24(38)39;;/h1-11,36H,(H2,28,37)(H,38,39)(H,41,42,43)(H,44,45,46)(H3,29,30,31,32,33,40);;/q;2*+1/p-2. The van der Waals surface area contributed by atoms with Crippen molar-refractivity contribution in [2.75, 3.05) is 10.6 Å². The zero-order valence-corrected chi connectivity index (χ0v) is 31.2. The molecule has 0 bridgehead atoms. The van der Waals surface area contributed by atoms with Crippen molar-refractivity contribution < 1.29 is 110 Å². The second kappa shape index (κ2) is 15.7. The molecular weight excluding hydrogens is 722 g/mol. The third-order valence-corrected chi connectivity index (χ3v) is 8.05. The predicted octanol–water partition coefficient (Wildman–Crippen LogP) is -3.05. The molecule has 0 saturated carbocycles. The zero-order valence-electron chi connectivity index (χ0n) is 25.6. The second-order valence-corrected chi connectivity index (χ2v) is 12.2. The molecule has 1 amide bonds. The van der Waals surface area contributed by atoms with Gasteiger partial charge in [-0.3, -0.25) is 4.79 Å². The van der Waals surface area contributed by atoms with E-state index in [2.05, 4.69) is 35.8 Å². The van der Waals surface area contributed by atoms with Gasteiger partial charge in [-0.05, 0) is 47.9 Å². The van der Waals surface area contributed by atoms with E-state index in [9.17, 15) is 50.8 Å². The number of aromatic carboxylic acids is 1. The molecule has 0 aliphatic rings. The quantitative estimate of drug-likeness (QED) is 0.0471. The van der Waals surface area contributed by atoms with Gasteiger partial charge in [0.15, 0.2) is 5.75 Å². The zero-order chi connectivity index (χ0) is 35.0. The molecule has 0 saturated heterocycles. The van der Waals surface area contributed by atoms with Crippen LogP contribution in [-0.2, 0) is 20.2 Å². The Morgan fingerprint density at radius 3 is 1.92 bits per heavy atom. The Bertz CT molecular complexity index is 2420. The average molecular weight is 741 g/mol. The fraction of sp³-hybridized carbons (Fsp3) is 0. The number of hydrogen-bond donors (Lipinski definition) is 6. The van der Waals surface area contributed by atoms with Crippen LogP contribution in [0.3, 0.4) is 0 Å². The summed E-state index contributed by atoms with van der Waals surface area (Å²) >= 11 is 0. The van der Waals surface area contributed by atoms with Gasteiger partial charge in [0.2, 0.25) is 11.9 Å². The van der Waals surface area contributed by atoms with Crippen LogP contribution in [0.25, 0.3) is 10.8 Å². The van der Waals surface area contributed by atoms with Gasteiger partial charge >= 0.3 is 71.1 Å². The monoisotopic (exact) mass is 740 g/mol. The number of aromatic hydroxyl groups is 2. The molecule has 0 spiro atoms. The SMILES string of the molecule is NC(=O)c1ccccc1N=Nc1c(S(=O)(=O)[O-])cc2cc(S(=O)(=O)[O-])cc(Nc3nc(O)nc(Nc4ccccc4C(=O)O)n3)c2c1O.[Na+].[Na+]. The normalized spacial score (nSPS) is 11.4. The smallest absolute Gasteiger partial charge is 0.744 e. The number of fused-ring (bicyclic) bond motifs is 1. The summed E-state index contributed by atoms with van der Waals surface area (Å²) in [4.78, 5) is 32.6. The first kappa shape index (κ1) is 40.1. The molecule has 0 aliphatic carbocycles. The van der Waals surface area contributed by atoms with Gasteiger partial charge < -0.3 is 40.8 Å². The van der Waals surface area contributed by atoms with Crippen LogP contribution in [0.15, 0.2) is 86.7 Å². The molecule has 1 aromatic heterocycles. The number of primary amides is 1. The molecule has 0 unspecified atom stereocenters. The number of carbonyl (C=O) groups is 2. The second-order valence-electron chi connectivity index (χ2n) is 9.51. The predicted molar refractivity (Wildman–Crippen MR) is 162 cm³/mol. The van der Waals surface area contributed by atoms with Gasteiger partial charge in [0.05, 0.1) is 38.0 Å². The third-order valence-electron chi connectivity index (χ3n) is 6.38. The number of azo groups is 1. The number of hydrogen-bond acceptors (Lipinski definition) is 17. The maximum atomic E-state index is 12.2. The summed E-state index contributed by atoms with van der Waals surface area (Å²) in [6, 6.07) is 12.1. The van der Waals surface area contributed by atoms with Crippen molar-refractivity contribution in [3.8, 4) is 11.8 Å². The molecule has 23 heteroatoms. The Morgan fingerprint density at radius 1 is 0.760 bits per heavy atom. The first-order chi connectivity index (χ1) is 22.5. The Hall–Kier alpha value is -4.29. The molecular formula is C27H18N8Na2O11S2. The van der Waals surface area contributed by atoms with Crippen LogP contribution in [-0.4, -0.2) is 68.1 Å². The fourth-order valence-electron chi connectivity index (χ4n) is 4.36. The van der Waals surface area contributed by atoms with Gasteiger partial charge in [-0.15, -0.1) is 10.2 Å². The average Bonchev–Trinajstić information content (AvgIpc) is 2.99. The Morgan fingerprint density at radius 2 is 1.34 bits per heavy atom. The van der Waals surface area contributed by atoms with Crippen molar-refractivity contribution in [1.29, 1.82) is 0 Å². The number of nitrogens with two attached hydrogens (primary N) is 1. The van der Waals surface area contributed by atoms with Gasteiger partial charge in [-0.2, -0.15) is 15.0 Å². The van der Waals surface area contributed by atoms with Crippen molar-refractivity contribution >= 4 is 77.5 Å². The van der Waals surface area contributed by atoms with Crippen LogP contribution in [0.4, 0.5) is 34.6 Å². The Balaban J connectivity index is 0.00000338. The maximum Gasteiger partial charge on any atom is 1.00 e. The number of benzene rings is 4. The van der Waals surface area contributed by atoms with Gasteiger partial charge in [-0.1, -0.05) is 24.3 Å². The van der Waals surface area contributed by atoms with Crippen molar-refractivity contribution in [1.82, 2.24) is 15.0 Å². The first-order valence-corrected chi connectivity index (χ1v) is 15.7. The molecule has 50 heavy (non-hydrogen) atoms. The minimum absolute atomic E-state index is 0. The van der Waals surface area contributed by atoms with Gasteiger partial charge in [0.25, 0.3) is 5.91 Å². The van der Waals surface area contributed by atoms with E-state index < -0.39 is 87.7 Å². The number of rotatable bonds is 10. The number of aromatic nitrogens is 3. The number of phenolic OH excluding ortho intramolecular Hbond substituents is 1. The number of amides is 1. The number of carbonyl (C=O) groups excluding carboxylic acids is 1. The molecule has 7 N–H and O–H groups in total. The van der Waals surface area contributed by atoms with Crippen molar-refractivity contribution in [2.24, 2.45) is 16.0 Å². The summed E-state index contributed by atoms with van der Waals surface area (Å²) in [6.45, 7) is 0. The number of nitrogens with zero attached hydrogens (tertiary/aromatic N) is 5. The van der Waals surface area contributed by atoms with E-state index in [4.69, 9.17) is 5.73 Å². The van der Waals surface area contributed by atoms with Gasteiger partial charge in [0, 0.05) is 5.39 Å². The van der Waals surface area contributed by atoms with E-state index in [1.165, 1.54) is 48.5 Å². The number of para-hydroxylation sites is 1. The van der Waals surface area contributed by atoms with Crippen LogP contribution in [0.1, 0.15) is 20.7 Å². The van der Waals surface area contributed by atoms with Gasteiger partial charge in [-0.25, -0.2) is 21.6 Å². The summed E-state index contributed by atoms with van der Waals surface area (Å²) in [5.41, 5.74) is 3.40. The number of anilines is 4. The van der Waals surface area contributed by atoms with E-state index in [0.717, 1.165) is 0 Å². The minimum atomic E-state index is -5.47. The van der Waals surface area contributed by atoms with Crippen LogP contribution in [0.5, 0.6) is 11.8 Å². The summed E-state index contributed by atoms with van der Waals surface area (Å²) < 4.78 is 72.8.